The van der Waals surface area contributed by atoms with Gasteiger partial charge in [-0.15, -0.1) is 0 Å². The van der Waals surface area contributed by atoms with Crippen LogP contribution in [0.25, 0.3) is 0 Å². The van der Waals surface area contributed by atoms with Crippen LogP contribution in [0.3, 0.4) is 0 Å². The average molecular weight is 525 g/mol. The average Bonchev–Trinajstić information content (AvgIpc) is 3.51. The van der Waals surface area contributed by atoms with Gasteiger partial charge >= 0.3 is 0 Å². The van der Waals surface area contributed by atoms with Crippen molar-refractivity contribution in [2.75, 3.05) is 29.6 Å². The van der Waals surface area contributed by atoms with Gasteiger partial charge in [0.05, 0.1) is 5.69 Å². The van der Waals surface area contributed by atoms with Gasteiger partial charge < -0.3 is 21.7 Å². The molecule has 1 saturated carbocycles. The van der Waals surface area contributed by atoms with E-state index in [9.17, 15) is 18.8 Å². The Kier molecular flexibility index (Phi) is 7.72. The van der Waals surface area contributed by atoms with E-state index in [1.165, 1.54) is 29.2 Å². The lowest BCUT2D eigenvalue weighted by Crippen LogP contribution is -2.46. The van der Waals surface area contributed by atoms with Crippen molar-refractivity contribution in [3.8, 4) is 0 Å². The standard InChI is InChI=1S/C26H29FN6O3S/c1-32(2)18-12-10-15(11-13-18)22(25(35)30-17-7-3-4-8-17)33(19-9-5-6-16(27)14-19)26(36)23-20(28)21(24(29)34)31-37-23/h5-6,9-14,17,22H,3-4,7-8,28H2,1-2H3,(H2,29,34)(H,30,35)/t22-/m1/s1. The molecular formula is C26H29FN6O3S. The first-order valence-corrected chi connectivity index (χ1v) is 12.7. The molecule has 1 fully saturated rings. The maximum Gasteiger partial charge on any atom is 0.273 e. The number of nitrogens with zero attached hydrogens (tertiary/aromatic N) is 3. The number of benzene rings is 2. The quantitative estimate of drug-likeness (QED) is 0.413. The molecule has 1 aliphatic carbocycles. The van der Waals surface area contributed by atoms with Crippen molar-refractivity contribution in [2.24, 2.45) is 5.73 Å². The number of aromatic nitrogens is 1. The maximum atomic E-state index is 14.4. The molecule has 3 amide bonds. The van der Waals surface area contributed by atoms with Crippen molar-refractivity contribution in [3.63, 3.8) is 0 Å². The summed E-state index contributed by atoms with van der Waals surface area (Å²) in [4.78, 5) is 42.6. The molecule has 0 radical (unpaired) electrons. The number of rotatable bonds is 8. The van der Waals surface area contributed by atoms with Crippen LogP contribution in [0.1, 0.15) is 57.4 Å². The fraction of sp³-hybridized carbons (Fsp3) is 0.308. The molecule has 5 N–H and O–H groups in total. The number of hydrogen-bond acceptors (Lipinski definition) is 7. The molecule has 9 nitrogen and oxygen atoms in total. The number of anilines is 3. The summed E-state index contributed by atoms with van der Waals surface area (Å²) in [5.41, 5.74) is 12.6. The van der Waals surface area contributed by atoms with Crippen LogP contribution in [0.15, 0.2) is 48.5 Å². The number of carbonyl (C=O) groups excluding carboxylic acids is 3. The molecule has 0 spiro atoms. The van der Waals surface area contributed by atoms with Crippen molar-refractivity contribution < 1.29 is 18.8 Å². The van der Waals surface area contributed by atoms with Crippen molar-refractivity contribution in [3.05, 3.63) is 70.5 Å². The van der Waals surface area contributed by atoms with Crippen molar-refractivity contribution in [1.82, 2.24) is 9.69 Å². The van der Waals surface area contributed by atoms with Gasteiger partial charge in [-0.25, -0.2) is 4.39 Å². The number of halogens is 1. The topological polar surface area (TPSA) is 135 Å². The predicted octanol–water partition coefficient (Wildman–Crippen LogP) is 3.48. The van der Waals surface area contributed by atoms with Crippen LogP contribution in [-0.2, 0) is 4.79 Å². The molecule has 3 aromatic rings. The van der Waals surface area contributed by atoms with E-state index in [1.54, 1.807) is 12.1 Å². The summed E-state index contributed by atoms with van der Waals surface area (Å²) in [7, 11) is 3.79. The van der Waals surface area contributed by atoms with Gasteiger partial charge in [0.25, 0.3) is 11.8 Å². The fourth-order valence-corrected chi connectivity index (χ4v) is 5.21. The minimum Gasteiger partial charge on any atom is -0.395 e. The number of primary amides is 1. The van der Waals surface area contributed by atoms with E-state index >= 15 is 0 Å². The van der Waals surface area contributed by atoms with E-state index in [0.29, 0.717) is 17.1 Å². The Bertz CT molecular complexity index is 1300. The molecule has 1 aliphatic rings. The summed E-state index contributed by atoms with van der Waals surface area (Å²) in [6.45, 7) is 0. The van der Waals surface area contributed by atoms with Crippen molar-refractivity contribution in [1.29, 1.82) is 0 Å². The third kappa shape index (κ3) is 5.56. The third-order valence-electron chi connectivity index (χ3n) is 6.39. The number of carbonyl (C=O) groups is 3. The molecule has 11 heteroatoms. The molecule has 0 saturated heterocycles. The monoisotopic (exact) mass is 524 g/mol. The van der Waals surface area contributed by atoms with E-state index in [0.717, 1.165) is 31.4 Å². The molecule has 0 unspecified atom stereocenters. The lowest BCUT2D eigenvalue weighted by Gasteiger charge is -2.32. The molecule has 4 rings (SSSR count). The Morgan fingerprint density at radius 1 is 1.08 bits per heavy atom. The van der Waals surface area contributed by atoms with Crippen LogP contribution in [-0.4, -0.2) is 42.2 Å². The summed E-state index contributed by atoms with van der Waals surface area (Å²) in [6, 6.07) is 11.5. The van der Waals surface area contributed by atoms with E-state index in [4.69, 9.17) is 11.5 Å². The number of hydrogen-bond donors (Lipinski definition) is 3. The van der Waals surface area contributed by atoms with Crippen LogP contribution in [0.5, 0.6) is 0 Å². The molecule has 0 aliphatic heterocycles. The zero-order chi connectivity index (χ0) is 26.7. The summed E-state index contributed by atoms with van der Waals surface area (Å²) in [6.07, 6.45) is 3.70. The van der Waals surface area contributed by atoms with E-state index in [-0.39, 0.29) is 28.0 Å². The molecule has 1 heterocycles. The smallest absolute Gasteiger partial charge is 0.273 e. The van der Waals surface area contributed by atoms with E-state index in [2.05, 4.69) is 9.69 Å². The van der Waals surface area contributed by atoms with Gasteiger partial charge in [0.2, 0.25) is 5.91 Å². The molecule has 1 aromatic heterocycles. The summed E-state index contributed by atoms with van der Waals surface area (Å²) in [5.74, 6) is -2.56. The van der Waals surface area contributed by atoms with E-state index < -0.39 is 29.6 Å². The van der Waals surface area contributed by atoms with Crippen molar-refractivity contribution >= 4 is 46.3 Å². The largest absolute Gasteiger partial charge is 0.395 e. The Hall–Kier alpha value is -3.99. The third-order valence-corrected chi connectivity index (χ3v) is 7.25. The highest BCUT2D eigenvalue weighted by Gasteiger charge is 2.37. The number of nitrogens with one attached hydrogen (secondary N) is 1. The zero-order valence-corrected chi connectivity index (χ0v) is 21.4. The number of nitrogen functional groups attached to an aromatic ring is 1. The Morgan fingerprint density at radius 3 is 2.32 bits per heavy atom. The van der Waals surface area contributed by atoms with E-state index in [1.807, 2.05) is 31.1 Å². The molecule has 1 atom stereocenters. The second-order valence-electron chi connectivity index (χ2n) is 9.17. The first-order valence-electron chi connectivity index (χ1n) is 11.9. The van der Waals surface area contributed by atoms with Crippen LogP contribution in [0, 0.1) is 5.82 Å². The second-order valence-corrected chi connectivity index (χ2v) is 9.95. The minimum absolute atomic E-state index is 0.0181. The molecule has 37 heavy (non-hydrogen) atoms. The zero-order valence-electron chi connectivity index (χ0n) is 20.6. The van der Waals surface area contributed by atoms with Gasteiger partial charge in [0.1, 0.15) is 16.7 Å². The first kappa shape index (κ1) is 26.1. The van der Waals surface area contributed by atoms with Crippen LogP contribution in [0.2, 0.25) is 0 Å². The highest BCUT2D eigenvalue weighted by atomic mass is 32.1. The number of amides is 3. The number of nitrogens with two attached hydrogens (primary N) is 2. The van der Waals surface area contributed by atoms with Gasteiger partial charge in [-0.05, 0) is 60.3 Å². The summed E-state index contributed by atoms with van der Waals surface area (Å²) >= 11 is 0.704. The Morgan fingerprint density at radius 2 is 1.76 bits per heavy atom. The molecule has 2 aromatic carbocycles. The van der Waals surface area contributed by atoms with Crippen molar-refractivity contribution in [2.45, 2.75) is 37.8 Å². The Labute approximate surface area is 218 Å². The minimum atomic E-state index is -1.15. The van der Waals surface area contributed by atoms with Gasteiger partial charge in [0, 0.05) is 31.5 Å². The second kappa shape index (κ2) is 11.0. The lowest BCUT2D eigenvalue weighted by molar-refractivity contribution is -0.123. The molecular weight excluding hydrogens is 495 g/mol. The summed E-state index contributed by atoms with van der Waals surface area (Å²) < 4.78 is 18.3. The molecule has 0 bridgehead atoms. The highest BCUT2D eigenvalue weighted by molar-refractivity contribution is 7.09. The highest BCUT2D eigenvalue weighted by Crippen LogP contribution is 2.34. The van der Waals surface area contributed by atoms with Gasteiger partial charge in [0.15, 0.2) is 5.69 Å². The molecule has 194 valence electrons. The SMILES string of the molecule is CN(C)c1ccc([C@H](C(=O)NC2CCCC2)N(C(=O)c2snc(C(N)=O)c2N)c2cccc(F)c2)cc1. The Balaban J connectivity index is 1.86. The maximum absolute atomic E-state index is 14.4. The fourth-order valence-electron chi connectivity index (χ4n) is 4.47. The normalized spacial score (nSPS) is 14.2. The van der Waals surface area contributed by atoms with Gasteiger partial charge in [-0.1, -0.05) is 31.0 Å². The summed E-state index contributed by atoms with van der Waals surface area (Å²) in [5, 5.41) is 3.07. The predicted molar refractivity (Wildman–Crippen MR) is 142 cm³/mol. The van der Waals surface area contributed by atoms with Gasteiger partial charge in [-0.2, -0.15) is 4.37 Å². The van der Waals surface area contributed by atoms with Crippen LogP contribution in [0.4, 0.5) is 21.5 Å². The van der Waals surface area contributed by atoms with Crippen LogP contribution < -0.4 is 26.6 Å². The van der Waals surface area contributed by atoms with Crippen LogP contribution >= 0.6 is 11.5 Å². The first-order chi connectivity index (χ1) is 17.7. The lowest BCUT2D eigenvalue weighted by atomic mass is 10.0. The van der Waals surface area contributed by atoms with Gasteiger partial charge in [-0.3, -0.25) is 19.3 Å².